The second-order valence-corrected chi connectivity index (χ2v) is 13.6. The molecule has 4 heteroatoms. The van der Waals surface area contributed by atoms with Crippen LogP contribution in [0.25, 0.3) is 66.1 Å². The lowest BCUT2D eigenvalue weighted by molar-refractivity contribution is 0.626. The third-order valence-electron chi connectivity index (χ3n) is 10.7. The van der Waals surface area contributed by atoms with E-state index in [0.717, 1.165) is 0 Å². The van der Waals surface area contributed by atoms with E-state index in [0.29, 0.717) is 0 Å². The van der Waals surface area contributed by atoms with Gasteiger partial charge in [0.05, 0.1) is 33.4 Å². The van der Waals surface area contributed by atoms with Gasteiger partial charge in [-0.05, 0) is 58.7 Å². The molecule has 0 spiro atoms. The third-order valence-corrected chi connectivity index (χ3v) is 10.7. The first-order valence-electron chi connectivity index (χ1n) is 15.4. The summed E-state index contributed by atoms with van der Waals surface area (Å²) in [4.78, 5) is 9.03. The highest BCUT2D eigenvalue weighted by atomic mass is 15.0. The molecule has 0 saturated carbocycles. The van der Waals surface area contributed by atoms with E-state index >= 15 is 0 Å². The normalized spacial score (nSPS) is 15.6. The Morgan fingerprint density at radius 2 is 0.932 bits per heavy atom. The Morgan fingerprint density at radius 3 is 1.39 bits per heavy atom. The van der Waals surface area contributed by atoms with Gasteiger partial charge in [0.15, 0.2) is 0 Å². The molecule has 44 heavy (non-hydrogen) atoms. The van der Waals surface area contributed by atoms with Crippen LogP contribution < -0.4 is 0 Å². The molecule has 2 aliphatic rings. The van der Waals surface area contributed by atoms with Crippen molar-refractivity contribution in [3.8, 4) is 22.5 Å². The molecule has 0 fully saturated rings. The second kappa shape index (κ2) is 7.83. The molecule has 2 aliphatic heterocycles. The van der Waals surface area contributed by atoms with Crippen molar-refractivity contribution >= 4 is 43.6 Å². The fourth-order valence-corrected chi connectivity index (χ4v) is 8.42. The van der Waals surface area contributed by atoms with E-state index in [4.69, 9.17) is 0 Å². The van der Waals surface area contributed by atoms with Crippen molar-refractivity contribution in [1.82, 2.24) is 19.1 Å². The summed E-state index contributed by atoms with van der Waals surface area (Å²) in [6.45, 7) is 9.27. The van der Waals surface area contributed by atoms with E-state index in [1.165, 1.54) is 88.4 Å². The quantitative estimate of drug-likeness (QED) is 0.198. The molecule has 4 aromatic carbocycles. The Kier molecular flexibility index (Phi) is 4.32. The van der Waals surface area contributed by atoms with Crippen molar-refractivity contribution in [2.75, 3.05) is 0 Å². The van der Waals surface area contributed by atoms with Crippen LogP contribution in [0, 0.1) is 0 Å². The lowest BCUT2D eigenvalue weighted by Crippen LogP contribution is -2.26. The average Bonchev–Trinajstić information content (AvgIpc) is 3.56. The number of hydrogen-bond donors (Lipinski definition) is 0. The van der Waals surface area contributed by atoms with Gasteiger partial charge in [-0.3, -0.25) is 9.97 Å². The van der Waals surface area contributed by atoms with E-state index < -0.39 is 0 Å². The minimum absolute atomic E-state index is 0.124. The van der Waals surface area contributed by atoms with Crippen molar-refractivity contribution in [2.24, 2.45) is 0 Å². The lowest BCUT2D eigenvalue weighted by Gasteiger charge is -2.34. The third kappa shape index (κ3) is 2.75. The second-order valence-electron chi connectivity index (χ2n) is 13.6. The molecule has 0 atom stereocenters. The molecular formula is C40H30N4. The standard InChI is InChI=1S/C40H30N4/c1-39(2)29-9-5-7-25-27-19-23(11-13-33(27)43(37(25)29)35-15-17-41-21-31(35)39)24-12-14-34-28(20-24)26-8-6-10-30-38(26)44(34)36-16-18-42-22-32(36)40(30,3)4/h5-22H,1-4H3. The summed E-state index contributed by atoms with van der Waals surface area (Å²) in [5, 5.41) is 5.17. The Balaban J connectivity index is 1.24. The summed E-state index contributed by atoms with van der Waals surface area (Å²) in [6.07, 6.45) is 7.92. The van der Waals surface area contributed by atoms with Crippen molar-refractivity contribution in [3.05, 3.63) is 132 Å². The van der Waals surface area contributed by atoms with Gasteiger partial charge in [-0.25, -0.2) is 0 Å². The van der Waals surface area contributed by atoms with E-state index in [1.54, 1.807) is 0 Å². The van der Waals surface area contributed by atoms with Gasteiger partial charge in [-0.2, -0.15) is 0 Å². The van der Waals surface area contributed by atoms with Crippen molar-refractivity contribution in [1.29, 1.82) is 0 Å². The first-order chi connectivity index (χ1) is 21.4. The van der Waals surface area contributed by atoms with Crippen LogP contribution in [-0.4, -0.2) is 19.1 Å². The smallest absolute Gasteiger partial charge is 0.0582 e. The van der Waals surface area contributed by atoms with Crippen molar-refractivity contribution in [2.45, 2.75) is 38.5 Å². The summed E-state index contributed by atoms with van der Waals surface area (Å²) in [5.74, 6) is 0. The van der Waals surface area contributed by atoms with E-state index in [2.05, 4.69) is 132 Å². The summed E-state index contributed by atoms with van der Waals surface area (Å²) in [6, 6.07) is 31.9. The molecule has 0 radical (unpaired) electrons. The predicted molar refractivity (Wildman–Crippen MR) is 180 cm³/mol. The number of fused-ring (bicyclic) bond motifs is 10. The molecule has 0 amide bonds. The van der Waals surface area contributed by atoms with Gasteiger partial charge < -0.3 is 9.13 Å². The van der Waals surface area contributed by atoms with Crippen LogP contribution in [0.15, 0.2) is 110 Å². The minimum Gasteiger partial charge on any atom is -0.309 e. The Morgan fingerprint density at radius 1 is 0.477 bits per heavy atom. The van der Waals surface area contributed by atoms with Crippen molar-refractivity contribution < 1.29 is 0 Å². The molecule has 4 nitrogen and oxygen atoms in total. The van der Waals surface area contributed by atoms with Gasteiger partial charge >= 0.3 is 0 Å². The van der Waals surface area contributed by atoms with Gasteiger partial charge in [-0.15, -0.1) is 0 Å². The summed E-state index contributed by atoms with van der Waals surface area (Å²) in [7, 11) is 0. The largest absolute Gasteiger partial charge is 0.309 e. The maximum atomic E-state index is 4.51. The number of aromatic nitrogens is 4. The zero-order valence-corrected chi connectivity index (χ0v) is 25.2. The van der Waals surface area contributed by atoms with Crippen LogP contribution in [0.4, 0.5) is 0 Å². The molecular weight excluding hydrogens is 536 g/mol. The number of hydrogen-bond acceptors (Lipinski definition) is 2. The van der Waals surface area contributed by atoms with Gasteiger partial charge in [-0.1, -0.05) is 76.2 Å². The Bertz CT molecular complexity index is 2380. The van der Waals surface area contributed by atoms with Crippen molar-refractivity contribution in [3.63, 3.8) is 0 Å². The number of rotatable bonds is 1. The van der Waals surface area contributed by atoms with Crippen LogP contribution in [-0.2, 0) is 10.8 Å². The van der Waals surface area contributed by atoms with Gasteiger partial charge in [0.25, 0.3) is 0 Å². The topological polar surface area (TPSA) is 35.6 Å². The number of pyridine rings is 2. The van der Waals surface area contributed by atoms with Gasteiger partial charge in [0.1, 0.15) is 0 Å². The van der Waals surface area contributed by atoms with Crippen LogP contribution >= 0.6 is 0 Å². The first kappa shape index (κ1) is 24.2. The Labute approximate surface area is 255 Å². The number of para-hydroxylation sites is 2. The van der Waals surface area contributed by atoms with Gasteiger partial charge in [0.2, 0.25) is 0 Å². The molecule has 0 N–H and O–H groups in total. The summed E-state index contributed by atoms with van der Waals surface area (Å²) < 4.78 is 4.90. The van der Waals surface area contributed by atoms with Crippen LogP contribution in [0.2, 0.25) is 0 Å². The molecule has 10 rings (SSSR count). The lowest BCUT2D eigenvalue weighted by atomic mass is 9.75. The van der Waals surface area contributed by atoms with E-state index in [9.17, 15) is 0 Å². The highest BCUT2D eigenvalue weighted by Gasteiger charge is 2.36. The molecule has 6 heterocycles. The molecule has 0 bridgehead atoms. The van der Waals surface area contributed by atoms with Crippen LogP contribution in [0.5, 0.6) is 0 Å². The molecule has 210 valence electrons. The maximum absolute atomic E-state index is 4.51. The molecule has 4 aromatic heterocycles. The van der Waals surface area contributed by atoms with Crippen LogP contribution in [0.1, 0.15) is 49.9 Å². The predicted octanol–water partition coefficient (Wildman–Crippen LogP) is 9.62. The average molecular weight is 567 g/mol. The highest BCUT2D eigenvalue weighted by Crippen LogP contribution is 2.49. The maximum Gasteiger partial charge on any atom is 0.0582 e. The first-order valence-corrected chi connectivity index (χ1v) is 15.4. The zero-order valence-electron chi connectivity index (χ0n) is 25.2. The molecule has 0 unspecified atom stereocenters. The number of benzene rings is 4. The highest BCUT2D eigenvalue weighted by molar-refractivity contribution is 6.14. The monoisotopic (exact) mass is 566 g/mol. The van der Waals surface area contributed by atoms with E-state index in [1.807, 2.05) is 24.8 Å². The summed E-state index contributed by atoms with van der Waals surface area (Å²) in [5.41, 5.74) is 15.0. The molecule has 0 saturated heterocycles. The molecule has 8 aromatic rings. The fraction of sp³-hybridized carbons (Fsp3) is 0.150. The fourth-order valence-electron chi connectivity index (χ4n) is 8.42. The van der Waals surface area contributed by atoms with Gasteiger partial charge in [0, 0.05) is 68.3 Å². The number of nitrogens with zero attached hydrogens (tertiary/aromatic N) is 4. The minimum atomic E-state index is -0.124. The van der Waals surface area contributed by atoms with E-state index in [-0.39, 0.29) is 10.8 Å². The molecule has 0 aliphatic carbocycles. The summed E-state index contributed by atoms with van der Waals surface area (Å²) >= 11 is 0. The zero-order chi connectivity index (χ0) is 29.5. The van der Waals surface area contributed by atoms with Crippen LogP contribution in [0.3, 0.4) is 0 Å². The SMILES string of the molecule is CC1(C)c2cnccc2-n2c3ccc(-c4ccc5c(c4)c4cccc6c4n5-c4ccncc4C6(C)C)cc3c3cccc1c32. The Hall–Kier alpha value is -5.22.